The van der Waals surface area contributed by atoms with Crippen molar-refractivity contribution in [3.05, 3.63) is 59.7 Å². The minimum atomic E-state index is 0. The highest BCUT2D eigenvalue weighted by atomic mass is 127. The van der Waals surface area contributed by atoms with Gasteiger partial charge >= 0.3 is 0 Å². The third-order valence-electron chi connectivity index (χ3n) is 4.10. The summed E-state index contributed by atoms with van der Waals surface area (Å²) in [7, 11) is 3.51. The molecular weight excluding hydrogens is 451 g/mol. The van der Waals surface area contributed by atoms with Crippen LogP contribution >= 0.6 is 24.0 Å². The van der Waals surface area contributed by atoms with Crippen molar-refractivity contribution in [1.82, 2.24) is 10.6 Å². The summed E-state index contributed by atoms with van der Waals surface area (Å²) >= 11 is 0. The summed E-state index contributed by atoms with van der Waals surface area (Å²) in [4.78, 5) is 4.28. The van der Waals surface area contributed by atoms with E-state index in [2.05, 4.69) is 52.1 Å². The molecule has 6 heteroatoms. The quantitative estimate of drug-likeness (QED) is 0.220. The Morgan fingerprint density at radius 3 is 2.44 bits per heavy atom. The molecule has 0 aliphatic heterocycles. The molecule has 0 aliphatic carbocycles. The molecule has 0 aromatic heterocycles. The van der Waals surface area contributed by atoms with Gasteiger partial charge in [0.2, 0.25) is 0 Å². The molecule has 0 fully saturated rings. The molecule has 0 amide bonds. The fraction of sp³-hybridized carbons (Fsp3) is 0.381. The maximum absolute atomic E-state index is 5.43. The Morgan fingerprint density at radius 1 is 1.00 bits per heavy atom. The number of hydrogen-bond donors (Lipinski definition) is 3. The first-order chi connectivity index (χ1) is 12.7. The van der Waals surface area contributed by atoms with E-state index in [-0.39, 0.29) is 24.0 Å². The molecule has 2 rings (SSSR count). The number of guanidine groups is 1. The fourth-order valence-electron chi connectivity index (χ4n) is 2.72. The first-order valence-corrected chi connectivity index (χ1v) is 9.10. The van der Waals surface area contributed by atoms with Crippen LogP contribution in [0, 0.1) is 6.92 Å². The van der Waals surface area contributed by atoms with Gasteiger partial charge in [-0.15, -0.1) is 24.0 Å². The Bertz CT molecular complexity index is 692. The van der Waals surface area contributed by atoms with Crippen molar-refractivity contribution in [2.45, 2.75) is 19.8 Å². The Hall–Kier alpha value is -1.96. The Kier molecular flexibility index (Phi) is 11.3. The molecule has 0 unspecified atom stereocenters. The van der Waals surface area contributed by atoms with Crippen molar-refractivity contribution >= 4 is 35.6 Å². The maximum atomic E-state index is 5.43. The third-order valence-corrected chi connectivity index (χ3v) is 4.10. The van der Waals surface area contributed by atoms with Gasteiger partial charge in [-0.2, -0.15) is 0 Å². The number of rotatable bonds is 9. The van der Waals surface area contributed by atoms with E-state index in [1.807, 2.05) is 24.3 Å². The number of methoxy groups -OCH3 is 1. The zero-order chi connectivity index (χ0) is 18.6. The van der Waals surface area contributed by atoms with Gasteiger partial charge < -0.3 is 20.7 Å². The van der Waals surface area contributed by atoms with Crippen LogP contribution in [0.3, 0.4) is 0 Å². The molecule has 5 nitrogen and oxygen atoms in total. The third kappa shape index (κ3) is 8.51. The molecule has 0 aliphatic rings. The fourth-order valence-corrected chi connectivity index (χ4v) is 2.72. The number of aryl methyl sites for hydroxylation is 1. The summed E-state index contributed by atoms with van der Waals surface area (Å²) in [6, 6.07) is 16.5. The normalized spacial score (nSPS) is 10.7. The molecular formula is C21H31IN4O. The van der Waals surface area contributed by atoms with Crippen molar-refractivity contribution in [1.29, 1.82) is 0 Å². The largest absolute Gasteiger partial charge is 0.496 e. The van der Waals surface area contributed by atoms with Crippen molar-refractivity contribution in [2.75, 3.05) is 39.1 Å². The summed E-state index contributed by atoms with van der Waals surface area (Å²) in [5.41, 5.74) is 3.61. The second kappa shape index (κ2) is 13.2. The second-order valence-electron chi connectivity index (χ2n) is 6.14. The number of nitrogens with zero attached hydrogens (tertiary/aromatic N) is 1. The predicted molar refractivity (Wildman–Crippen MR) is 126 cm³/mol. The van der Waals surface area contributed by atoms with Crippen LogP contribution in [0.25, 0.3) is 0 Å². The highest BCUT2D eigenvalue weighted by molar-refractivity contribution is 14.0. The molecule has 148 valence electrons. The standard InChI is InChI=1S/C21H30N4O.HI/c1-17-10-11-20(26-3)18(16-17)12-15-25-21(22-2)24-14-7-13-23-19-8-5-4-6-9-19;/h4-6,8-11,16,23H,7,12-15H2,1-3H3,(H2,22,24,25);1H. The molecule has 0 spiro atoms. The Morgan fingerprint density at radius 2 is 1.74 bits per heavy atom. The van der Waals surface area contributed by atoms with E-state index in [1.165, 1.54) is 11.1 Å². The average Bonchev–Trinajstić information content (AvgIpc) is 2.67. The van der Waals surface area contributed by atoms with Crippen LogP contribution in [0.5, 0.6) is 5.75 Å². The highest BCUT2D eigenvalue weighted by Gasteiger charge is 2.04. The zero-order valence-corrected chi connectivity index (χ0v) is 18.7. The van der Waals surface area contributed by atoms with Gasteiger partial charge in [-0.25, -0.2) is 0 Å². The monoisotopic (exact) mass is 482 g/mol. The number of para-hydroxylation sites is 1. The van der Waals surface area contributed by atoms with Gasteiger partial charge in [0, 0.05) is 32.4 Å². The van der Waals surface area contributed by atoms with Gasteiger partial charge in [0.15, 0.2) is 5.96 Å². The summed E-state index contributed by atoms with van der Waals surface area (Å²) in [5.74, 6) is 1.77. The number of aliphatic imine (C=N–C) groups is 1. The Labute approximate surface area is 180 Å². The van der Waals surface area contributed by atoms with Crippen LogP contribution in [0.2, 0.25) is 0 Å². The van der Waals surface area contributed by atoms with E-state index in [4.69, 9.17) is 4.74 Å². The Balaban J connectivity index is 0.00000364. The van der Waals surface area contributed by atoms with Crippen LogP contribution < -0.4 is 20.7 Å². The minimum absolute atomic E-state index is 0. The lowest BCUT2D eigenvalue weighted by molar-refractivity contribution is 0.409. The molecule has 0 atom stereocenters. The summed E-state index contributed by atoms with van der Waals surface area (Å²) in [6.07, 6.45) is 1.91. The molecule has 0 radical (unpaired) electrons. The smallest absolute Gasteiger partial charge is 0.190 e. The lowest BCUT2D eigenvalue weighted by atomic mass is 10.1. The lowest BCUT2D eigenvalue weighted by Crippen LogP contribution is -2.39. The molecule has 2 aromatic rings. The number of benzene rings is 2. The van der Waals surface area contributed by atoms with Gasteiger partial charge in [-0.05, 0) is 43.5 Å². The van der Waals surface area contributed by atoms with Crippen LogP contribution in [0.15, 0.2) is 53.5 Å². The van der Waals surface area contributed by atoms with Gasteiger partial charge in [0.1, 0.15) is 5.75 Å². The predicted octanol–water partition coefficient (Wildman–Crippen LogP) is 3.83. The molecule has 0 saturated carbocycles. The number of anilines is 1. The molecule has 2 aromatic carbocycles. The lowest BCUT2D eigenvalue weighted by Gasteiger charge is -2.14. The number of nitrogens with one attached hydrogen (secondary N) is 3. The van der Waals surface area contributed by atoms with Gasteiger partial charge in [0.05, 0.1) is 7.11 Å². The van der Waals surface area contributed by atoms with Gasteiger partial charge in [-0.1, -0.05) is 35.9 Å². The van der Waals surface area contributed by atoms with Crippen molar-refractivity contribution in [3.8, 4) is 5.75 Å². The maximum Gasteiger partial charge on any atom is 0.190 e. The topological polar surface area (TPSA) is 57.7 Å². The van der Waals surface area contributed by atoms with E-state index >= 15 is 0 Å². The van der Waals surface area contributed by atoms with Crippen molar-refractivity contribution < 1.29 is 4.74 Å². The second-order valence-corrected chi connectivity index (χ2v) is 6.14. The van der Waals surface area contributed by atoms with Crippen LogP contribution in [0.4, 0.5) is 5.69 Å². The van der Waals surface area contributed by atoms with Crippen molar-refractivity contribution in [2.24, 2.45) is 4.99 Å². The van der Waals surface area contributed by atoms with Crippen LogP contribution in [-0.2, 0) is 6.42 Å². The van der Waals surface area contributed by atoms with E-state index in [0.29, 0.717) is 0 Å². The van der Waals surface area contributed by atoms with Crippen LogP contribution in [-0.4, -0.2) is 39.8 Å². The average molecular weight is 482 g/mol. The first kappa shape index (κ1) is 23.1. The van der Waals surface area contributed by atoms with Gasteiger partial charge in [-0.3, -0.25) is 4.99 Å². The molecule has 0 heterocycles. The summed E-state index contributed by atoms with van der Waals surface area (Å²) in [6.45, 7) is 4.70. The minimum Gasteiger partial charge on any atom is -0.496 e. The van der Waals surface area contributed by atoms with Crippen LogP contribution in [0.1, 0.15) is 17.5 Å². The highest BCUT2D eigenvalue weighted by Crippen LogP contribution is 2.19. The molecule has 0 saturated heterocycles. The van der Waals surface area contributed by atoms with Crippen molar-refractivity contribution in [3.63, 3.8) is 0 Å². The number of ether oxygens (including phenoxy) is 1. The number of halogens is 1. The van der Waals surface area contributed by atoms with E-state index in [9.17, 15) is 0 Å². The van der Waals surface area contributed by atoms with E-state index < -0.39 is 0 Å². The summed E-state index contributed by atoms with van der Waals surface area (Å²) in [5, 5.41) is 10.1. The molecule has 0 bridgehead atoms. The number of hydrogen-bond acceptors (Lipinski definition) is 3. The summed E-state index contributed by atoms with van der Waals surface area (Å²) < 4.78 is 5.43. The zero-order valence-electron chi connectivity index (χ0n) is 16.4. The van der Waals surface area contributed by atoms with E-state index in [0.717, 1.165) is 49.9 Å². The van der Waals surface area contributed by atoms with E-state index in [1.54, 1.807) is 14.2 Å². The SMILES string of the molecule is CN=C(NCCCNc1ccccc1)NCCc1cc(C)ccc1OC.I. The molecule has 27 heavy (non-hydrogen) atoms. The molecule has 3 N–H and O–H groups in total. The van der Waals surface area contributed by atoms with Gasteiger partial charge in [0.25, 0.3) is 0 Å². The first-order valence-electron chi connectivity index (χ1n) is 9.10.